The van der Waals surface area contributed by atoms with E-state index in [2.05, 4.69) is 36.6 Å². The van der Waals surface area contributed by atoms with Crippen LogP contribution in [0.5, 0.6) is 0 Å². The molecule has 5 heteroatoms. The summed E-state index contributed by atoms with van der Waals surface area (Å²) in [5.41, 5.74) is 1.22. The van der Waals surface area contributed by atoms with Crippen LogP contribution in [0, 0.1) is 11.3 Å². The molecule has 0 saturated carbocycles. The minimum absolute atomic E-state index is 0.152. The molecule has 78 valence electrons. The van der Waals surface area contributed by atoms with Gasteiger partial charge in [0.15, 0.2) is 0 Å². The first kappa shape index (κ1) is 12.2. The molecule has 0 aliphatic heterocycles. The minimum atomic E-state index is -0.332. The SMILES string of the molecule is COC(=O)Cc1ccc(Br)c(C#N)c1Br. The van der Waals surface area contributed by atoms with Gasteiger partial charge in [0.2, 0.25) is 0 Å². The van der Waals surface area contributed by atoms with Crippen LogP contribution >= 0.6 is 31.9 Å². The van der Waals surface area contributed by atoms with Gasteiger partial charge in [-0.25, -0.2) is 0 Å². The van der Waals surface area contributed by atoms with Gasteiger partial charge in [-0.15, -0.1) is 0 Å². The molecule has 0 radical (unpaired) electrons. The molecule has 0 aliphatic rings. The lowest BCUT2D eigenvalue weighted by Gasteiger charge is -2.06. The van der Waals surface area contributed by atoms with E-state index in [1.54, 1.807) is 12.1 Å². The van der Waals surface area contributed by atoms with Crippen molar-refractivity contribution in [1.82, 2.24) is 0 Å². The molecule has 3 nitrogen and oxygen atoms in total. The van der Waals surface area contributed by atoms with E-state index in [1.807, 2.05) is 6.07 Å². The Kier molecular flexibility index (Phi) is 4.30. The Bertz CT molecular complexity index is 438. The van der Waals surface area contributed by atoms with Gasteiger partial charge in [-0.2, -0.15) is 5.26 Å². The average Bonchev–Trinajstić information content (AvgIpc) is 2.23. The molecule has 0 fully saturated rings. The number of carbonyl (C=O) groups is 1. The molecule has 0 aliphatic carbocycles. The van der Waals surface area contributed by atoms with Crippen LogP contribution in [0.2, 0.25) is 0 Å². The Morgan fingerprint density at radius 2 is 2.20 bits per heavy atom. The number of esters is 1. The molecule has 0 heterocycles. The zero-order valence-electron chi connectivity index (χ0n) is 7.88. The third kappa shape index (κ3) is 2.80. The maximum Gasteiger partial charge on any atom is 0.310 e. The van der Waals surface area contributed by atoms with Gasteiger partial charge in [-0.1, -0.05) is 6.07 Å². The number of ether oxygens (including phenoxy) is 1. The lowest BCUT2D eigenvalue weighted by atomic mass is 10.1. The number of methoxy groups -OCH3 is 1. The van der Waals surface area contributed by atoms with Gasteiger partial charge < -0.3 is 4.74 Å². The second kappa shape index (κ2) is 5.29. The van der Waals surface area contributed by atoms with Crippen LogP contribution in [0.3, 0.4) is 0 Å². The van der Waals surface area contributed by atoms with Crippen LogP contribution in [-0.2, 0) is 16.0 Å². The molecule has 1 aromatic rings. The fourth-order valence-corrected chi connectivity index (χ4v) is 2.32. The largest absolute Gasteiger partial charge is 0.469 e. The topological polar surface area (TPSA) is 50.1 Å². The second-order valence-electron chi connectivity index (χ2n) is 2.76. The molecular weight excluding hydrogens is 326 g/mol. The van der Waals surface area contributed by atoms with Crippen LogP contribution in [0.4, 0.5) is 0 Å². The fraction of sp³-hybridized carbons (Fsp3) is 0.200. The van der Waals surface area contributed by atoms with Crippen molar-refractivity contribution in [3.63, 3.8) is 0 Å². The molecular formula is C10H7Br2NO2. The molecule has 1 aromatic carbocycles. The third-order valence-corrected chi connectivity index (χ3v) is 3.41. The zero-order valence-corrected chi connectivity index (χ0v) is 11.1. The van der Waals surface area contributed by atoms with Crippen molar-refractivity contribution in [3.05, 3.63) is 32.2 Å². The summed E-state index contributed by atoms with van der Waals surface area (Å²) in [6, 6.07) is 5.56. The summed E-state index contributed by atoms with van der Waals surface area (Å²) in [6.07, 6.45) is 0.152. The monoisotopic (exact) mass is 331 g/mol. The molecule has 15 heavy (non-hydrogen) atoms. The number of hydrogen-bond donors (Lipinski definition) is 0. The number of halogens is 2. The zero-order chi connectivity index (χ0) is 11.4. The molecule has 0 bridgehead atoms. The van der Waals surface area contributed by atoms with Crippen molar-refractivity contribution in [2.75, 3.05) is 7.11 Å². The van der Waals surface area contributed by atoms with Gasteiger partial charge in [-0.3, -0.25) is 4.79 Å². The van der Waals surface area contributed by atoms with E-state index in [9.17, 15) is 4.79 Å². The van der Waals surface area contributed by atoms with Crippen LogP contribution in [0.1, 0.15) is 11.1 Å². The summed E-state index contributed by atoms with van der Waals surface area (Å²) in [5.74, 6) is -0.332. The molecule has 0 atom stereocenters. The number of benzene rings is 1. The Labute approximate surface area is 104 Å². The normalized spacial score (nSPS) is 9.47. The van der Waals surface area contributed by atoms with E-state index < -0.39 is 0 Å². The van der Waals surface area contributed by atoms with Crippen molar-refractivity contribution in [1.29, 1.82) is 5.26 Å². The van der Waals surface area contributed by atoms with Gasteiger partial charge in [0.25, 0.3) is 0 Å². The van der Waals surface area contributed by atoms with Crippen LogP contribution in [0.25, 0.3) is 0 Å². The number of nitrogens with zero attached hydrogens (tertiary/aromatic N) is 1. The Hall–Kier alpha value is -0.860. The quantitative estimate of drug-likeness (QED) is 0.782. The van der Waals surface area contributed by atoms with Crippen LogP contribution in [0.15, 0.2) is 21.1 Å². The highest BCUT2D eigenvalue weighted by Gasteiger charge is 2.12. The first-order valence-electron chi connectivity index (χ1n) is 4.04. The summed E-state index contributed by atoms with van der Waals surface area (Å²) in [6.45, 7) is 0. The molecule has 0 amide bonds. The van der Waals surface area contributed by atoms with E-state index in [1.165, 1.54) is 7.11 Å². The van der Waals surface area contributed by atoms with Gasteiger partial charge in [0, 0.05) is 8.95 Å². The maximum absolute atomic E-state index is 11.1. The van der Waals surface area contributed by atoms with E-state index in [-0.39, 0.29) is 12.4 Å². The number of carbonyl (C=O) groups excluding carboxylic acids is 1. The van der Waals surface area contributed by atoms with Crippen LogP contribution < -0.4 is 0 Å². The molecule has 1 rings (SSSR count). The predicted octanol–water partition coefficient (Wildman–Crippen LogP) is 2.80. The number of nitriles is 1. The summed E-state index contributed by atoms with van der Waals surface area (Å²) in [7, 11) is 1.33. The van der Waals surface area contributed by atoms with Crippen molar-refractivity contribution < 1.29 is 9.53 Å². The highest BCUT2D eigenvalue weighted by atomic mass is 79.9. The van der Waals surface area contributed by atoms with Gasteiger partial charge in [-0.05, 0) is 43.5 Å². The molecule has 0 spiro atoms. The number of hydrogen-bond acceptors (Lipinski definition) is 3. The molecule has 0 N–H and O–H groups in total. The van der Waals surface area contributed by atoms with Gasteiger partial charge in [0.05, 0.1) is 19.1 Å². The fourth-order valence-electron chi connectivity index (χ4n) is 1.06. The first-order valence-corrected chi connectivity index (χ1v) is 5.62. The van der Waals surface area contributed by atoms with Crippen molar-refractivity contribution >= 4 is 37.8 Å². The van der Waals surface area contributed by atoms with E-state index in [4.69, 9.17) is 5.26 Å². The van der Waals surface area contributed by atoms with Gasteiger partial charge in [0.1, 0.15) is 6.07 Å². The van der Waals surface area contributed by atoms with E-state index >= 15 is 0 Å². The first-order chi connectivity index (χ1) is 7.10. The summed E-state index contributed by atoms with van der Waals surface area (Å²) in [5, 5.41) is 8.89. The number of rotatable bonds is 2. The molecule has 0 unspecified atom stereocenters. The maximum atomic E-state index is 11.1. The smallest absolute Gasteiger partial charge is 0.310 e. The highest BCUT2D eigenvalue weighted by Crippen LogP contribution is 2.28. The molecule has 0 aromatic heterocycles. The average molecular weight is 333 g/mol. The molecule has 0 saturated heterocycles. The third-order valence-electron chi connectivity index (χ3n) is 1.85. The summed E-state index contributed by atoms with van der Waals surface area (Å²) < 4.78 is 5.89. The Balaban J connectivity index is 3.12. The van der Waals surface area contributed by atoms with E-state index in [0.29, 0.717) is 14.5 Å². The van der Waals surface area contributed by atoms with E-state index in [0.717, 1.165) is 5.56 Å². The van der Waals surface area contributed by atoms with Crippen molar-refractivity contribution in [3.8, 4) is 6.07 Å². The van der Waals surface area contributed by atoms with Crippen LogP contribution in [-0.4, -0.2) is 13.1 Å². The lowest BCUT2D eigenvalue weighted by Crippen LogP contribution is -2.05. The Morgan fingerprint density at radius 3 is 2.73 bits per heavy atom. The lowest BCUT2D eigenvalue weighted by molar-refractivity contribution is -0.139. The Morgan fingerprint density at radius 1 is 1.53 bits per heavy atom. The highest BCUT2D eigenvalue weighted by molar-refractivity contribution is 9.11. The standard InChI is InChI=1S/C10H7Br2NO2/c1-15-9(14)4-6-2-3-8(11)7(5-13)10(6)12/h2-3H,4H2,1H3. The summed E-state index contributed by atoms with van der Waals surface area (Å²) in [4.78, 5) is 11.1. The van der Waals surface area contributed by atoms with Gasteiger partial charge >= 0.3 is 5.97 Å². The predicted molar refractivity (Wildman–Crippen MR) is 62.3 cm³/mol. The summed E-state index contributed by atoms with van der Waals surface area (Å²) >= 11 is 6.55. The minimum Gasteiger partial charge on any atom is -0.469 e. The van der Waals surface area contributed by atoms with Crippen molar-refractivity contribution in [2.24, 2.45) is 0 Å². The second-order valence-corrected chi connectivity index (χ2v) is 4.41. The van der Waals surface area contributed by atoms with Crippen molar-refractivity contribution in [2.45, 2.75) is 6.42 Å².